The molecule has 1 saturated heterocycles. The Labute approximate surface area is 148 Å². The Kier molecular flexibility index (Phi) is 5.17. The van der Waals surface area contributed by atoms with Crippen LogP contribution in [0.15, 0.2) is 48.5 Å². The molecule has 4 nitrogen and oxygen atoms in total. The van der Waals surface area contributed by atoms with Crippen LogP contribution in [-0.2, 0) is 22.4 Å². The number of anilines is 2. The molecule has 0 aliphatic carbocycles. The Bertz CT molecular complexity index is 785. The Morgan fingerprint density at radius 1 is 1.12 bits per heavy atom. The van der Waals surface area contributed by atoms with E-state index >= 15 is 0 Å². The Morgan fingerprint density at radius 2 is 1.92 bits per heavy atom. The summed E-state index contributed by atoms with van der Waals surface area (Å²) in [5.41, 5.74) is 4.04. The molecule has 25 heavy (non-hydrogen) atoms. The minimum atomic E-state index is -0.317. The highest BCUT2D eigenvalue weighted by Crippen LogP contribution is 2.29. The highest BCUT2D eigenvalue weighted by Gasteiger charge is 2.35. The molecule has 1 aliphatic rings. The first kappa shape index (κ1) is 17.2. The molecule has 1 fully saturated rings. The first-order valence-corrected chi connectivity index (χ1v) is 8.90. The van der Waals surface area contributed by atoms with E-state index in [9.17, 15) is 9.59 Å². The molecular formula is C21H24N2O2. The van der Waals surface area contributed by atoms with E-state index in [4.69, 9.17) is 0 Å². The van der Waals surface area contributed by atoms with Crippen molar-refractivity contribution in [3.63, 3.8) is 0 Å². The van der Waals surface area contributed by atoms with E-state index in [1.165, 1.54) is 5.56 Å². The third-order valence-electron chi connectivity index (χ3n) is 4.76. The fourth-order valence-electron chi connectivity index (χ4n) is 3.30. The van der Waals surface area contributed by atoms with Gasteiger partial charge in [0.05, 0.1) is 5.92 Å². The summed E-state index contributed by atoms with van der Waals surface area (Å²) in [5.74, 6) is -0.385. The maximum Gasteiger partial charge on any atom is 0.229 e. The van der Waals surface area contributed by atoms with E-state index < -0.39 is 0 Å². The van der Waals surface area contributed by atoms with Crippen LogP contribution in [-0.4, -0.2) is 18.4 Å². The Morgan fingerprint density at radius 3 is 2.68 bits per heavy atom. The summed E-state index contributed by atoms with van der Waals surface area (Å²) in [6.07, 6.45) is 2.05. The number of hydrogen-bond donors (Lipinski definition) is 1. The lowest BCUT2D eigenvalue weighted by molar-refractivity contribution is -0.122. The average Bonchev–Trinajstić information content (AvgIpc) is 3.03. The van der Waals surface area contributed by atoms with E-state index in [0.29, 0.717) is 6.54 Å². The zero-order valence-corrected chi connectivity index (χ0v) is 14.8. The quantitative estimate of drug-likeness (QED) is 0.903. The molecule has 0 spiro atoms. The van der Waals surface area contributed by atoms with Crippen LogP contribution in [0.4, 0.5) is 11.4 Å². The van der Waals surface area contributed by atoms with E-state index in [2.05, 4.69) is 19.2 Å². The fraction of sp³-hybridized carbons (Fsp3) is 0.333. The minimum Gasteiger partial charge on any atom is -0.326 e. The second-order valence-electron chi connectivity index (χ2n) is 6.43. The summed E-state index contributed by atoms with van der Waals surface area (Å²) in [6.45, 7) is 4.60. The molecule has 0 aromatic heterocycles. The lowest BCUT2D eigenvalue weighted by atomic mass is 10.1. The number of para-hydroxylation sites is 1. The van der Waals surface area contributed by atoms with Crippen molar-refractivity contribution in [2.45, 2.75) is 33.1 Å². The average molecular weight is 336 g/mol. The minimum absolute atomic E-state index is 0.0170. The van der Waals surface area contributed by atoms with Gasteiger partial charge in [-0.15, -0.1) is 0 Å². The number of aryl methyl sites for hydroxylation is 2. The maximum absolute atomic E-state index is 12.6. The molecule has 130 valence electrons. The van der Waals surface area contributed by atoms with E-state index in [0.717, 1.165) is 29.8 Å². The van der Waals surface area contributed by atoms with Crippen LogP contribution in [0.25, 0.3) is 0 Å². The number of rotatable bonds is 5. The Balaban J connectivity index is 1.72. The summed E-state index contributed by atoms with van der Waals surface area (Å²) >= 11 is 0. The van der Waals surface area contributed by atoms with Gasteiger partial charge in [-0.05, 0) is 42.2 Å². The molecule has 1 aliphatic heterocycles. The summed E-state index contributed by atoms with van der Waals surface area (Å²) in [5, 5.41) is 2.96. The molecule has 0 bridgehead atoms. The fourth-order valence-corrected chi connectivity index (χ4v) is 3.30. The lowest BCUT2D eigenvalue weighted by Gasteiger charge is -2.20. The van der Waals surface area contributed by atoms with Crippen LogP contribution in [0.1, 0.15) is 31.4 Å². The summed E-state index contributed by atoms with van der Waals surface area (Å²) in [4.78, 5) is 26.8. The molecule has 2 aromatic rings. The molecule has 3 rings (SSSR count). The van der Waals surface area contributed by atoms with Gasteiger partial charge >= 0.3 is 0 Å². The lowest BCUT2D eigenvalue weighted by Crippen LogP contribution is -2.28. The van der Waals surface area contributed by atoms with Gasteiger partial charge in [0, 0.05) is 24.3 Å². The molecule has 1 heterocycles. The van der Waals surface area contributed by atoms with Crippen molar-refractivity contribution in [3.05, 3.63) is 59.7 Å². The zero-order chi connectivity index (χ0) is 17.8. The number of benzene rings is 2. The van der Waals surface area contributed by atoms with Crippen LogP contribution < -0.4 is 10.2 Å². The van der Waals surface area contributed by atoms with Crippen molar-refractivity contribution in [3.8, 4) is 0 Å². The van der Waals surface area contributed by atoms with Crippen molar-refractivity contribution < 1.29 is 9.59 Å². The molecule has 2 aromatic carbocycles. The third-order valence-corrected chi connectivity index (χ3v) is 4.76. The molecule has 1 N–H and O–H groups in total. The highest BCUT2D eigenvalue weighted by molar-refractivity contribution is 6.03. The normalized spacial score (nSPS) is 17.0. The van der Waals surface area contributed by atoms with Crippen LogP contribution in [0, 0.1) is 5.92 Å². The largest absolute Gasteiger partial charge is 0.326 e. The van der Waals surface area contributed by atoms with Crippen LogP contribution in [0.2, 0.25) is 0 Å². The van der Waals surface area contributed by atoms with Gasteiger partial charge in [-0.25, -0.2) is 0 Å². The summed E-state index contributed by atoms with van der Waals surface area (Å²) in [7, 11) is 0. The van der Waals surface area contributed by atoms with E-state index in [-0.39, 0.29) is 24.2 Å². The summed E-state index contributed by atoms with van der Waals surface area (Å²) in [6, 6.07) is 15.8. The molecule has 0 radical (unpaired) electrons. The standard InChI is InChI=1S/C21H24N2O2/c1-3-15-8-7-10-18(12-15)22-21(25)17-13-20(24)23(14-17)19-11-6-5-9-16(19)4-2/h5-12,17H,3-4,13-14H2,1-2H3,(H,22,25). The molecule has 0 saturated carbocycles. The number of amides is 2. The van der Waals surface area contributed by atoms with Gasteiger partial charge in [-0.1, -0.05) is 44.2 Å². The van der Waals surface area contributed by atoms with Crippen molar-refractivity contribution in [2.75, 3.05) is 16.8 Å². The molecule has 1 atom stereocenters. The SMILES string of the molecule is CCc1cccc(NC(=O)C2CC(=O)N(c3ccccc3CC)C2)c1. The maximum atomic E-state index is 12.6. The highest BCUT2D eigenvalue weighted by atomic mass is 16.2. The Hall–Kier alpha value is -2.62. The second-order valence-corrected chi connectivity index (χ2v) is 6.43. The van der Waals surface area contributed by atoms with Gasteiger partial charge in [0.2, 0.25) is 11.8 Å². The number of carbonyl (C=O) groups excluding carboxylic acids is 2. The van der Waals surface area contributed by atoms with Crippen molar-refractivity contribution >= 4 is 23.2 Å². The number of hydrogen-bond acceptors (Lipinski definition) is 2. The molecule has 4 heteroatoms. The van der Waals surface area contributed by atoms with Gasteiger partial charge in [0.25, 0.3) is 0 Å². The molecule has 2 amide bonds. The molecular weight excluding hydrogens is 312 g/mol. The first-order valence-electron chi connectivity index (χ1n) is 8.90. The van der Waals surface area contributed by atoms with Gasteiger partial charge in [-0.2, -0.15) is 0 Å². The van der Waals surface area contributed by atoms with Gasteiger partial charge in [0.1, 0.15) is 0 Å². The predicted octanol–water partition coefficient (Wildman–Crippen LogP) is 3.80. The first-order chi connectivity index (χ1) is 12.1. The zero-order valence-electron chi connectivity index (χ0n) is 14.8. The van der Waals surface area contributed by atoms with Crippen LogP contribution >= 0.6 is 0 Å². The van der Waals surface area contributed by atoms with Crippen molar-refractivity contribution in [2.24, 2.45) is 5.92 Å². The van der Waals surface area contributed by atoms with Crippen molar-refractivity contribution in [1.82, 2.24) is 0 Å². The van der Waals surface area contributed by atoms with Gasteiger partial charge < -0.3 is 10.2 Å². The molecule has 1 unspecified atom stereocenters. The topological polar surface area (TPSA) is 49.4 Å². The number of carbonyl (C=O) groups is 2. The van der Waals surface area contributed by atoms with Crippen LogP contribution in [0.3, 0.4) is 0 Å². The van der Waals surface area contributed by atoms with Gasteiger partial charge in [0.15, 0.2) is 0 Å². The van der Waals surface area contributed by atoms with Crippen molar-refractivity contribution in [1.29, 1.82) is 0 Å². The third kappa shape index (κ3) is 3.73. The van der Waals surface area contributed by atoms with E-state index in [1.54, 1.807) is 4.90 Å². The van der Waals surface area contributed by atoms with Crippen LogP contribution in [0.5, 0.6) is 0 Å². The van der Waals surface area contributed by atoms with Gasteiger partial charge in [-0.3, -0.25) is 9.59 Å². The predicted molar refractivity (Wildman–Crippen MR) is 101 cm³/mol. The smallest absolute Gasteiger partial charge is 0.229 e. The van der Waals surface area contributed by atoms with E-state index in [1.807, 2.05) is 48.5 Å². The number of nitrogens with one attached hydrogen (secondary N) is 1. The summed E-state index contributed by atoms with van der Waals surface area (Å²) < 4.78 is 0. The monoisotopic (exact) mass is 336 g/mol. The number of nitrogens with zero attached hydrogens (tertiary/aromatic N) is 1. The second kappa shape index (κ2) is 7.51.